The van der Waals surface area contributed by atoms with E-state index in [1.54, 1.807) is 42.2 Å². The summed E-state index contributed by atoms with van der Waals surface area (Å²) in [5.41, 5.74) is 0.828. The molecule has 0 saturated carbocycles. The van der Waals surface area contributed by atoms with Gasteiger partial charge in [0.15, 0.2) is 0 Å². The molecule has 1 heterocycles. The van der Waals surface area contributed by atoms with Crippen LogP contribution in [0.5, 0.6) is 0 Å². The molecule has 0 bridgehead atoms. The predicted octanol–water partition coefficient (Wildman–Crippen LogP) is 3.83. The van der Waals surface area contributed by atoms with Gasteiger partial charge >= 0.3 is 0 Å². The fourth-order valence-corrected chi connectivity index (χ4v) is 3.84. The molecule has 24 heavy (non-hydrogen) atoms. The third-order valence-corrected chi connectivity index (χ3v) is 5.93. The van der Waals surface area contributed by atoms with Crippen LogP contribution < -0.4 is 4.72 Å². The smallest absolute Gasteiger partial charge is 0.254 e. The van der Waals surface area contributed by atoms with Crippen molar-refractivity contribution in [2.24, 2.45) is 0 Å². The van der Waals surface area contributed by atoms with Crippen LogP contribution in [0.1, 0.15) is 29.1 Å². The molecule has 2 rings (SSSR count). The van der Waals surface area contributed by atoms with Gasteiger partial charge in [0.2, 0.25) is 10.0 Å². The van der Waals surface area contributed by atoms with Gasteiger partial charge in [-0.2, -0.15) is 0 Å². The van der Waals surface area contributed by atoms with Gasteiger partial charge in [-0.3, -0.25) is 9.52 Å². The number of hydrogen-bond acceptors (Lipinski definition) is 4. The number of anilines is 1. The van der Waals surface area contributed by atoms with Gasteiger partial charge in [0.25, 0.3) is 5.91 Å². The molecule has 1 aromatic heterocycles. The molecule has 0 saturated heterocycles. The third kappa shape index (κ3) is 4.96. The van der Waals surface area contributed by atoms with Crippen LogP contribution in [0, 0.1) is 0 Å². The number of sulfonamides is 1. The predicted molar refractivity (Wildman–Crippen MR) is 99.3 cm³/mol. The van der Waals surface area contributed by atoms with Crippen LogP contribution in [-0.4, -0.2) is 31.5 Å². The Morgan fingerprint density at radius 3 is 2.58 bits per heavy atom. The van der Waals surface area contributed by atoms with Crippen LogP contribution >= 0.6 is 22.9 Å². The van der Waals surface area contributed by atoms with Crippen LogP contribution in [0.4, 0.5) is 5.69 Å². The molecular formula is C16H19ClN2O3S2. The Morgan fingerprint density at radius 2 is 2.00 bits per heavy atom. The first-order valence-corrected chi connectivity index (χ1v) is 10.3. The van der Waals surface area contributed by atoms with E-state index in [1.807, 2.05) is 13.0 Å². The molecule has 0 aliphatic carbocycles. The summed E-state index contributed by atoms with van der Waals surface area (Å²) in [4.78, 5) is 15.4. The second kappa shape index (κ2) is 8.00. The maximum Gasteiger partial charge on any atom is 0.254 e. The van der Waals surface area contributed by atoms with Crippen LogP contribution in [0.2, 0.25) is 4.34 Å². The number of nitrogens with zero attached hydrogens (tertiary/aromatic N) is 1. The maximum absolute atomic E-state index is 12.7. The van der Waals surface area contributed by atoms with Crippen molar-refractivity contribution in [3.8, 4) is 0 Å². The van der Waals surface area contributed by atoms with E-state index in [-0.39, 0.29) is 11.7 Å². The number of benzene rings is 1. The van der Waals surface area contributed by atoms with Crippen molar-refractivity contribution in [2.45, 2.75) is 20.4 Å². The number of thiophene rings is 1. The average molecular weight is 387 g/mol. The Balaban J connectivity index is 2.18. The second-order valence-electron chi connectivity index (χ2n) is 5.11. The van der Waals surface area contributed by atoms with Crippen molar-refractivity contribution in [2.75, 3.05) is 17.0 Å². The zero-order valence-corrected chi connectivity index (χ0v) is 15.8. The van der Waals surface area contributed by atoms with Crippen molar-refractivity contribution in [3.63, 3.8) is 0 Å². The van der Waals surface area contributed by atoms with E-state index in [0.29, 0.717) is 28.7 Å². The van der Waals surface area contributed by atoms with Gasteiger partial charge in [-0.15, -0.1) is 11.3 Å². The summed E-state index contributed by atoms with van der Waals surface area (Å²) < 4.78 is 26.5. The van der Waals surface area contributed by atoms with Gasteiger partial charge in [0, 0.05) is 22.7 Å². The Bertz CT molecular complexity index is 818. The number of rotatable bonds is 7. The highest BCUT2D eigenvalue weighted by atomic mass is 35.5. The van der Waals surface area contributed by atoms with Crippen molar-refractivity contribution >= 4 is 44.6 Å². The van der Waals surface area contributed by atoms with Gasteiger partial charge in [-0.1, -0.05) is 17.7 Å². The number of carbonyl (C=O) groups is 1. The molecule has 5 nitrogen and oxygen atoms in total. The fraction of sp³-hybridized carbons (Fsp3) is 0.312. The zero-order valence-electron chi connectivity index (χ0n) is 13.5. The normalized spacial score (nSPS) is 11.3. The van der Waals surface area contributed by atoms with Crippen molar-refractivity contribution in [1.29, 1.82) is 0 Å². The molecule has 0 unspecified atom stereocenters. The van der Waals surface area contributed by atoms with Gasteiger partial charge in [0.05, 0.1) is 16.6 Å². The molecule has 1 N–H and O–H groups in total. The first-order valence-electron chi connectivity index (χ1n) is 7.48. The van der Waals surface area contributed by atoms with E-state index in [9.17, 15) is 13.2 Å². The van der Waals surface area contributed by atoms with E-state index in [2.05, 4.69) is 4.72 Å². The maximum atomic E-state index is 12.7. The molecule has 2 aromatic rings. The number of nitrogens with one attached hydrogen (secondary N) is 1. The van der Waals surface area contributed by atoms with Gasteiger partial charge in [0.1, 0.15) is 0 Å². The highest BCUT2D eigenvalue weighted by Crippen LogP contribution is 2.23. The van der Waals surface area contributed by atoms with E-state index in [0.717, 1.165) is 4.88 Å². The molecule has 0 aliphatic heterocycles. The minimum absolute atomic E-state index is 0.0224. The lowest BCUT2D eigenvalue weighted by molar-refractivity contribution is 0.0754. The molecule has 1 amide bonds. The number of hydrogen-bond donors (Lipinski definition) is 1. The standard InChI is InChI=1S/C16H19ClN2O3S2/c1-3-19(11-14-8-9-15(17)23-14)16(20)12-6-5-7-13(10-12)18-24(21,22)4-2/h5-10,18H,3-4,11H2,1-2H3. The summed E-state index contributed by atoms with van der Waals surface area (Å²) in [6.45, 7) is 4.47. The van der Waals surface area contributed by atoms with Gasteiger partial charge in [-0.05, 0) is 44.2 Å². The highest BCUT2D eigenvalue weighted by Gasteiger charge is 2.16. The molecular weight excluding hydrogens is 368 g/mol. The molecule has 0 radical (unpaired) electrons. The lowest BCUT2D eigenvalue weighted by Crippen LogP contribution is -2.30. The van der Waals surface area contributed by atoms with E-state index in [4.69, 9.17) is 11.6 Å². The summed E-state index contributed by atoms with van der Waals surface area (Å²) in [6.07, 6.45) is 0. The summed E-state index contributed by atoms with van der Waals surface area (Å²) in [5, 5.41) is 0. The minimum atomic E-state index is -3.37. The highest BCUT2D eigenvalue weighted by molar-refractivity contribution is 7.92. The second-order valence-corrected chi connectivity index (χ2v) is 8.92. The van der Waals surface area contributed by atoms with E-state index < -0.39 is 10.0 Å². The summed E-state index contributed by atoms with van der Waals surface area (Å²) >= 11 is 7.37. The fourth-order valence-electron chi connectivity index (χ4n) is 2.10. The Kier molecular flexibility index (Phi) is 6.26. The van der Waals surface area contributed by atoms with E-state index in [1.165, 1.54) is 11.3 Å². The lowest BCUT2D eigenvalue weighted by Gasteiger charge is -2.20. The van der Waals surface area contributed by atoms with Crippen LogP contribution in [-0.2, 0) is 16.6 Å². The first kappa shape index (κ1) is 18.8. The molecule has 0 spiro atoms. The van der Waals surface area contributed by atoms with Gasteiger partial charge < -0.3 is 4.90 Å². The quantitative estimate of drug-likeness (QED) is 0.786. The Hall–Kier alpha value is -1.57. The van der Waals surface area contributed by atoms with Crippen LogP contribution in [0.15, 0.2) is 36.4 Å². The lowest BCUT2D eigenvalue weighted by atomic mass is 10.1. The largest absolute Gasteiger partial charge is 0.334 e. The summed E-state index contributed by atoms with van der Waals surface area (Å²) in [7, 11) is -3.37. The van der Waals surface area contributed by atoms with Crippen molar-refractivity contribution in [1.82, 2.24) is 4.90 Å². The number of carbonyl (C=O) groups excluding carboxylic acids is 1. The monoisotopic (exact) mass is 386 g/mol. The van der Waals surface area contributed by atoms with Crippen molar-refractivity contribution < 1.29 is 13.2 Å². The minimum Gasteiger partial charge on any atom is -0.334 e. The zero-order chi connectivity index (χ0) is 17.7. The molecule has 0 aliphatic rings. The topological polar surface area (TPSA) is 66.5 Å². The average Bonchev–Trinajstić information content (AvgIpc) is 2.97. The van der Waals surface area contributed by atoms with E-state index >= 15 is 0 Å². The van der Waals surface area contributed by atoms with Crippen LogP contribution in [0.25, 0.3) is 0 Å². The first-order chi connectivity index (χ1) is 11.3. The third-order valence-electron chi connectivity index (χ3n) is 3.41. The number of amides is 1. The van der Waals surface area contributed by atoms with Crippen LogP contribution in [0.3, 0.4) is 0 Å². The summed E-state index contributed by atoms with van der Waals surface area (Å²) in [6, 6.07) is 10.2. The molecule has 1 aromatic carbocycles. The number of halogens is 1. The Morgan fingerprint density at radius 1 is 1.25 bits per heavy atom. The molecule has 0 fully saturated rings. The van der Waals surface area contributed by atoms with Gasteiger partial charge in [-0.25, -0.2) is 8.42 Å². The van der Waals surface area contributed by atoms with Crippen molar-refractivity contribution in [3.05, 3.63) is 51.2 Å². The molecule has 130 valence electrons. The Labute approximate surface area is 151 Å². The molecule has 8 heteroatoms. The summed E-state index contributed by atoms with van der Waals surface area (Å²) in [5.74, 6) is -0.176. The SMILES string of the molecule is CCN(Cc1ccc(Cl)s1)C(=O)c1cccc(NS(=O)(=O)CC)c1. The molecule has 0 atom stereocenters.